The van der Waals surface area contributed by atoms with Crippen molar-refractivity contribution in [3.8, 4) is 29.1 Å². The predicted octanol–water partition coefficient (Wildman–Crippen LogP) is 7.41. The van der Waals surface area contributed by atoms with Crippen molar-refractivity contribution < 1.29 is 28.1 Å². The van der Waals surface area contributed by atoms with Gasteiger partial charge in [0.15, 0.2) is 0 Å². The highest BCUT2D eigenvalue weighted by Gasteiger charge is 2.31. The first kappa shape index (κ1) is 29.2. The van der Waals surface area contributed by atoms with Crippen LogP contribution in [0.5, 0.6) is 23.0 Å². The quantitative estimate of drug-likeness (QED) is 0.112. The molecule has 43 heavy (non-hydrogen) atoms. The van der Waals surface area contributed by atoms with Crippen molar-refractivity contribution in [1.82, 2.24) is 0 Å². The number of allylic oxidation sites excluding steroid dienone is 1. The Labute approximate surface area is 249 Å². The molecule has 1 atom stereocenters. The molecular formula is C35H31FN2O5. The fraction of sp³-hybridized carbons (Fsp3) is 0.200. The Morgan fingerprint density at radius 3 is 2.44 bits per heavy atom. The number of rotatable bonds is 11. The zero-order valence-corrected chi connectivity index (χ0v) is 23.7. The standard InChI is InChI=1S/C35H31FN2O5/c1-2-3-4-18-40-27-14-10-24(11-15-27)35(39)42-29-16-17-30-32(20-29)43-34(38)31(21-37)33(30)25-6-5-7-28(19-25)41-22-23-8-12-26(36)13-9-23/h5-17,19-20,33H,2-4,18,22,38H2,1H3. The van der Waals surface area contributed by atoms with Crippen LogP contribution in [0.4, 0.5) is 4.39 Å². The van der Waals surface area contributed by atoms with Crippen molar-refractivity contribution in [2.45, 2.75) is 38.7 Å². The van der Waals surface area contributed by atoms with E-state index in [0.29, 0.717) is 35.0 Å². The number of hydrogen-bond acceptors (Lipinski definition) is 7. The number of halogens is 1. The Balaban J connectivity index is 1.32. The van der Waals surface area contributed by atoms with Crippen LogP contribution < -0.4 is 24.7 Å². The van der Waals surface area contributed by atoms with Gasteiger partial charge in [0.25, 0.3) is 0 Å². The van der Waals surface area contributed by atoms with Gasteiger partial charge < -0.3 is 24.7 Å². The maximum absolute atomic E-state index is 13.2. The number of nitrogens with zero attached hydrogens (tertiary/aromatic N) is 1. The number of carbonyl (C=O) groups excluding carboxylic acids is 1. The molecule has 8 heteroatoms. The molecule has 0 saturated carbocycles. The monoisotopic (exact) mass is 578 g/mol. The van der Waals surface area contributed by atoms with Crippen LogP contribution >= 0.6 is 0 Å². The van der Waals surface area contributed by atoms with Crippen LogP contribution in [0.25, 0.3) is 0 Å². The number of ether oxygens (including phenoxy) is 4. The van der Waals surface area contributed by atoms with Crippen molar-refractivity contribution in [3.63, 3.8) is 0 Å². The molecule has 0 fully saturated rings. The molecule has 1 heterocycles. The first-order chi connectivity index (χ1) is 20.9. The van der Waals surface area contributed by atoms with E-state index in [-0.39, 0.29) is 29.6 Å². The molecule has 0 aromatic heterocycles. The normalized spacial score (nSPS) is 13.8. The van der Waals surface area contributed by atoms with Gasteiger partial charge in [0.1, 0.15) is 47.1 Å². The van der Waals surface area contributed by atoms with E-state index in [9.17, 15) is 14.4 Å². The summed E-state index contributed by atoms with van der Waals surface area (Å²) in [6.45, 7) is 3.02. The summed E-state index contributed by atoms with van der Waals surface area (Å²) in [6.07, 6.45) is 3.20. The Bertz CT molecular complexity index is 1660. The molecule has 1 aliphatic rings. The zero-order chi connectivity index (χ0) is 30.2. The Morgan fingerprint density at radius 2 is 1.70 bits per heavy atom. The molecule has 7 nitrogen and oxygen atoms in total. The van der Waals surface area contributed by atoms with Crippen LogP contribution in [-0.4, -0.2) is 12.6 Å². The lowest BCUT2D eigenvalue weighted by molar-refractivity contribution is 0.0734. The van der Waals surface area contributed by atoms with Crippen LogP contribution in [-0.2, 0) is 6.61 Å². The topological polar surface area (TPSA) is 104 Å². The first-order valence-electron chi connectivity index (χ1n) is 14.1. The third-order valence-electron chi connectivity index (χ3n) is 7.02. The van der Waals surface area contributed by atoms with Gasteiger partial charge in [0.05, 0.1) is 18.1 Å². The molecule has 0 bridgehead atoms. The van der Waals surface area contributed by atoms with Gasteiger partial charge in [-0.2, -0.15) is 5.26 Å². The average Bonchev–Trinajstić information content (AvgIpc) is 3.02. The van der Waals surface area contributed by atoms with Crippen molar-refractivity contribution in [2.75, 3.05) is 6.61 Å². The smallest absolute Gasteiger partial charge is 0.343 e. The number of unbranched alkanes of at least 4 members (excludes halogenated alkanes) is 2. The van der Waals surface area contributed by atoms with Crippen LogP contribution in [0.15, 0.2) is 102 Å². The third kappa shape index (κ3) is 7.14. The molecular weight excluding hydrogens is 547 g/mol. The minimum Gasteiger partial charge on any atom is -0.494 e. The largest absolute Gasteiger partial charge is 0.494 e. The second-order valence-corrected chi connectivity index (χ2v) is 10.1. The number of hydrogen-bond donors (Lipinski definition) is 1. The average molecular weight is 579 g/mol. The summed E-state index contributed by atoms with van der Waals surface area (Å²) in [4.78, 5) is 12.8. The Kier molecular flexibility index (Phi) is 9.23. The second kappa shape index (κ2) is 13.6. The summed E-state index contributed by atoms with van der Waals surface area (Å²) in [6, 6.07) is 27.4. The molecule has 1 unspecified atom stereocenters. The summed E-state index contributed by atoms with van der Waals surface area (Å²) in [7, 11) is 0. The van der Waals surface area contributed by atoms with Gasteiger partial charge in [0, 0.05) is 11.6 Å². The van der Waals surface area contributed by atoms with E-state index in [4.69, 9.17) is 24.7 Å². The summed E-state index contributed by atoms with van der Waals surface area (Å²) in [5, 5.41) is 9.95. The third-order valence-corrected chi connectivity index (χ3v) is 7.02. The summed E-state index contributed by atoms with van der Waals surface area (Å²) >= 11 is 0. The number of esters is 1. The van der Waals surface area contributed by atoms with Crippen molar-refractivity contribution in [3.05, 3.63) is 131 Å². The van der Waals surface area contributed by atoms with Gasteiger partial charge in [-0.15, -0.1) is 0 Å². The predicted molar refractivity (Wildman–Crippen MR) is 159 cm³/mol. The minimum atomic E-state index is -0.530. The van der Waals surface area contributed by atoms with Crippen molar-refractivity contribution in [2.24, 2.45) is 5.73 Å². The summed E-state index contributed by atoms with van der Waals surface area (Å²) in [5.74, 6) is 0.514. The van der Waals surface area contributed by atoms with E-state index in [0.717, 1.165) is 30.4 Å². The molecule has 0 radical (unpaired) electrons. The highest BCUT2D eigenvalue weighted by Crippen LogP contribution is 2.44. The molecule has 0 amide bonds. The van der Waals surface area contributed by atoms with E-state index >= 15 is 0 Å². The molecule has 1 aliphatic heterocycles. The van der Waals surface area contributed by atoms with Gasteiger partial charge in [-0.05, 0) is 72.1 Å². The van der Waals surface area contributed by atoms with E-state index in [1.165, 1.54) is 12.1 Å². The Hall–Kier alpha value is -5.29. The molecule has 0 aliphatic carbocycles. The van der Waals surface area contributed by atoms with E-state index in [2.05, 4.69) is 13.0 Å². The molecule has 4 aromatic carbocycles. The fourth-order valence-corrected chi connectivity index (χ4v) is 4.77. The maximum atomic E-state index is 13.2. The zero-order valence-electron chi connectivity index (χ0n) is 23.7. The summed E-state index contributed by atoms with van der Waals surface area (Å²) < 4.78 is 36.3. The lowest BCUT2D eigenvalue weighted by Crippen LogP contribution is -2.21. The van der Waals surface area contributed by atoms with Gasteiger partial charge in [-0.1, -0.05) is 50.1 Å². The van der Waals surface area contributed by atoms with Gasteiger partial charge in [-0.25, -0.2) is 9.18 Å². The van der Waals surface area contributed by atoms with Crippen molar-refractivity contribution in [1.29, 1.82) is 5.26 Å². The van der Waals surface area contributed by atoms with E-state index < -0.39 is 11.9 Å². The SMILES string of the molecule is CCCCCOc1ccc(C(=O)Oc2ccc3c(c2)OC(N)=C(C#N)C3c2cccc(OCc3ccc(F)cc3)c2)cc1. The number of benzene rings is 4. The summed E-state index contributed by atoms with van der Waals surface area (Å²) in [5.41, 5.74) is 9.08. The number of nitriles is 1. The maximum Gasteiger partial charge on any atom is 0.343 e. The molecule has 5 rings (SSSR count). The molecule has 0 saturated heterocycles. The lowest BCUT2D eigenvalue weighted by atomic mass is 9.83. The second-order valence-electron chi connectivity index (χ2n) is 10.1. The Morgan fingerprint density at radius 1 is 0.930 bits per heavy atom. The molecule has 4 aromatic rings. The number of carbonyl (C=O) groups is 1. The van der Waals surface area contributed by atoms with Crippen LogP contribution in [0.2, 0.25) is 0 Å². The molecule has 2 N–H and O–H groups in total. The lowest BCUT2D eigenvalue weighted by Gasteiger charge is -2.27. The van der Waals surface area contributed by atoms with E-state index in [1.807, 2.05) is 18.2 Å². The van der Waals surface area contributed by atoms with Crippen LogP contribution in [0.3, 0.4) is 0 Å². The number of nitrogens with two attached hydrogens (primary N) is 1. The fourth-order valence-electron chi connectivity index (χ4n) is 4.77. The van der Waals surface area contributed by atoms with E-state index in [1.54, 1.807) is 60.7 Å². The highest BCUT2D eigenvalue weighted by molar-refractivity contribution is 5.91. The number of fused-ring (bicyclic) bond motifs is 1. The first-order valence-corrected chi connectivity index (χ1v) is 14.1. The van der Waals surface area contributed by atoms with Gasteiger partial charge >= 0.3 is 5.97 Å². The van der Waals surface area contributed by atoms with Gasteiger partial charge in [0.2, 0.25) is 5.88 Å². The van der Waals surface area contributed by atoms with Crippen LogP contribution in [0, 0.1) is 17.1 Å². The minimum absolute atomic E-state index is 0.0318. The molecule has 218 valence electrons. The molecule has 0 spiro atoms. The highest BCUT2D eigenvalue weighted by atomic mass is 19.1. The van der Waals surface area contributed by atoms with Crippen LogP contribution in [0.1, 0.15) is 59.2 Å². The van der Waals surface area contributed by atoms with Gasteiger partial charge in [-0.3, -0.25) is 0 Å². The van der Waals surface area contributed by atoms with Crippen molar-refractivity contribution >= 4 is 5.97 Å².